The number of para-hydroxylation sites is 1. The first-order valence-corrected chi connectivity index (χ1v) is 9.38. The smallest absolute Gasteiger partial charge is 0.213 e. The molecule has 0 saturated heterocycles. The fourth-order valence-corrected chi connectivity index (χ4v) is 3.92. The van der Waals surface area contributed by atoms with Crippen molar-refractivity contribution in [2.45, 2.75) is 18.7 Å². The number of phenolic OH excluding ortho intramolecular Hbond substituents is 1. The van der Waals surface area contributed by atoms with Crippen LogP contribution in [0, 0.1) is 5.82 Å². The minimum absolute atomic E-state index is 0.0457. The molecule has 29 heavy (non-hydrogen) atoms. The lowest BCUT2D eigenvalue weighted by molar-refractivity contribution is -0.0190. The van der Waals surface area contributed by atoms with Crippen molar-refractivity contribution < 1.29 is 19.0 Å². The highest BCUT2D eigenvalue weighted by molar-refractivity contribution is 6.04. The van der Waals surface area contributed by atoms with Gasteiger partial charge >= 0.3 is 0 Å². The molecule has 0 saturated carbocycles. The van der Waals surface area contributed by atoms with Gasteiger partial charge in [-0.2, -0.15) is 5.10 Å². The van der Waals surface area contributed by atoms with Gasteiger partial charge < -0.3 is 14.6 Å². The molecule has 1 N–H and O–H groups in total. The molecule has 2 atom stereocenters. The molecular weight excluding hydrogens is 371 g/mol. The lowest BCUT2D eigenvalue weighted by Crippen LogP contribution is -2.33. The minimum Gasteiger partial charge on any atom is -0.507 e. The highest BCUT2D eigenvalue weighted by atomic mass is 19.1. The second kappa shape index (κ2) is 6.81. The van der Waals surface area contributed by atoms with Gasteiger partial charge in [-0.3, -0.25) is 0 Å². The number of rotatable bonds is 3. The summed E-state index contributed by atoms with van der Waals surface area (Å²) >= 11 is 0. The maximum absolute atomic E-state index is 13.4. The monoisotopic (exact) mass is 390 g/mol. The Morgan fingerprint density at radius 3 is 2.69 bits per heavy atom. The Hall–Kier alpha value is -3.54. The van der Waals surface area contributed by atoms with Gasteiger partial charge in [0.1, 0.15) is 23.1 Å². The number of nitrogens with zero attached hydrogens (tertiary/aromatic N) is 2. The third-order valence-corrected chi connectivity index (χ3v) is 5.37. The largest absolute Gasteiger partial charge is 0.507 e. The number of hydrazone groups is 1. The fourth-order valence-electron chi connectivity index (χ4n) is 3.92. The zero-order valence-corrected chi connectivity index (χ0v) is 15.7. The molecule has 6 heteroatoms. The first kappa shape index (κ1) is 17.6. The molecule has 0 spiro atoms. The summed E-state index contributed by atoms with van der Waals surface area (Å²) in [6.07, 6.45) is 0.125. The summed E-state index contributed by atoms with van der Waals surface area (Å²) in [4.78, 5) is 0. The average molecular weight is 390 g/mol. The third kappa shape index (κ3) is 2.97. The van der Waals surface area contributed by atoms with Crippen LogP contribution >= 0.6 is 0 Å². The SMILES string of the molecule is COc1ccc(O)c(C2=NN3[C@H](C2)c2ccccc2O[C@@H]3c2ccc(F)cc2)c1. The van der Waals surface area contributed by atoms with Crippen LogP contribution in [0.4, 0.5) is 4.39 Å². The topological polar surface area (TPSA) is 54.3 Å². The van der Waals surface area contributed by atoms with Crippen LogP contribution in [0.1, 0.15) is 35.4 Å². The molecule has 3 aromatic rings. The molecular formula is C23H19FN2O3. The lowest BCUT2D eigenvalue weighted by atomic mass is 9.95. The van der Waals surface area contributed by atoms with E-state index in [0.717, 1.165) is 22.6 Å². The Bertz CT molecular complexity index is 1100. The van der Waals surface area contributed by atoms with Crippen LogP contribution in [0.3, 0.4) is 0 Å². The fraction of sp³-hybridized carbons (Fsp3) is 0.174. The van der Waals surface area contributed by atoms with E-state index >= 15 is 0 Å². The molecule has 0 radical (unpaired) electrons. The van der Waals surface area contributed by atoms with Crippen LogP contribution in [0.25, 0.3) is 0 Å². The minimum atomic E-state index is -0.485. The first-order valence-electron chi connectivity index (χ1n) is 9.38. The standard InChI is InChI=1S/C23H19FN2O3/c1-28-16-10-11-21(27)18(12-16)19-13-20-17-4-2-3-5-22(17)29-23(26(20)25-19)14-6-8-15(24)9-7-14/h2-12,20,23,27H,13H2,1H3/t20-,23-/m1/s1. The predicted molar refractivity (Wildman–Crippen MR) is 107 cm³/mol. The number of methoxy groups -OCH3 is 1. The Balaban J connectivity index is 1.60. The Morgan fingerprint density at radius 2 is 1.90 bits per heavy atom. The van der Waals surface area contributed by atoms with Crippen molar-refractivity contribution >= 4 is 5.71 Å². The van der Waals surface area contributed by atoms with Gasteiger partial charge in [0.25, 0.3) is 0 Å². The van der Waals surface area contributed by atoms with E-state index in [1.807, 2.05) is 29.3 Å². The van der Waals surface area contributed by atoms with Crippen molar-refractivity contribution in [2.24, 2.45) is 5.10 Å². The molecule has 146 valence electrons. The van der Waals surface area contributed by atoms with Crippen molar-refractivity contribution in [3.05, 3.63) is 89.2 Å². The molecule has 2 aliphatic heterocycles. The molecule has 5 rings (SSSR count). The molecule has 0 bridgehead atoms. The number of fused-ring (bicyclic) bond motifs is 3. The van der Waals surface area contributed by atoms with Gasteiger partial charge in [-0.05, 0) is 36.4 Å². The zero-order chi connectivity index (χ0) is 20.0. The maximum atomic E-state index is 13.4. The summed E-state index contributed by atoms with van der Waals surface area (Å²) in [6, 6.07) is 19.2. The van der Waals surface area contributed by atoms with E-state index < -0.39 is 6.23 Å². The molecule has 5 nitrogen and oxygen atoms in total. The summed E-state index contributed by atoms with van der Waals surface area (Å²) in [5.74, 6) is 1.29. The van der Waals surface area contributed by atoms with Crippen molar-refractivity contribution in [2.75, 3.05) is 7.11 Å². The predicted octanol–water partition coefficient (Wildman–Crippen LogP) is 4.78. The van der Waals surface area contributed by atoms with Crippen molar-refractivity contribution in [1.29, 1.82) is 0 Å². The van der Waals surface area contributed by atoms with Crippen LogP contribution in [0.2, 0.25) is 0 Å². The van der Waals surface area contributed by atoms with Crippen LogP contribution in [0.15, 0.2) is 71.8 Å². The van der Waals surface area contributed by atoms with Gasteiger partial charge in [0, 0.05) is 23.1 Å². The molecule has 0 aromatic heterocycles. The van der Waals surface area contributed by atoms with E-state index in [-0.39, 0.29) is 17.6 Å². The second-order valence-electron chi connectivity index (χ2n) is 7.09. The van der Waals surface area contributed by atoms with Gasteiger partial charge in [0.15, 0.2) is 0 Å². The maximum Gasteiger partial charge on any atom is 0.213 e. The highest BCUT2D eigenvalue weighted by Gasteiger charge is 2.41. The van der Waals surface area contributed by atoms with Gasteiger partial charge in [0.2, 0.25) is 6.23 Å². The molecule has 0 unspecified atom stereocenters. The molecule has 2 aliphatic rings. The summed E-state index contributed by atoms with van der Waals surface area (Å²) in [5, 5.41) is 17.1. The molecule has 2 heterocycles. The normalized spacial score (nSPS) is 19.8. The van der Waals surface area contributed by atoms with Gasteiger partial charge in [-0.1, -0.05) is 30.3 Å². The first-order chi connectivity index (χ1) is 14.1. The van der Waals surface area contributed by atoms with Crippen LogP contribution < -0.4 is 9.47 Å². The van der Waals surface area contributed by atoms with Crippen molar-refractivity contribution in [3.63, 3.8) is 0 Å². The van der Waals surface area contributed by atoms with E-state index in [4.69, 9.17) is 14.6 Å². The van der Waals surface area contributed by atoms with E-state index in [9.17, 15) is 9.50 Å². The second-order valence-corrected chi connectivity index (χ2v) is 7.09. The number of phenols is 1. The number of halogens is 1. The quantitative estimate of drug-likeness (QED) is 0.699. The van der Waals surface area contributed by atoms with E-state index in [1.54, 1.807) is 37.4 Å². The van der Waals surface area contributed by atoms with Crippen LogP contribution in [-0.2, 0) is 0 Å². The number of aromatic hydroxyl groups is 1. The molecule has 0 amide bonds. The van der Waals surface area contributed by atoms with Crippen LogP contribution in [0.5, 0.6) is 17.2 Å². The molecule has 0 aliphatic carbocycles. The average Bonchev–Trinajstić information content (AvgIpc) is 3.20. The summed E-state index contributed by atoms with van der Waals surface area (Å²) in [6.45, 7) is 0. The van der Waals surface area contributed by atoms with Crippen molar-refractivity contribution in [3.8, 4) is 17.2 Å². The van der Waals surface area contributed by atoms with Crippen LogP contribution in [-0.4, -0.2) is 22.9 Å². The number of benzene rings is 3. The molecule has 0 fully saturated rings. The Labute approximate surface area is 167 Å². The van der Waals surface area contributed by atoms with Gasteiger partial charge in [0.05, 0.1) is 18.9 Å². The number of ether oxygens (including phenoxy) is 2. The number of hydrogen-bond donors (Lipinski definition) is 1. The summed E-state index contributed by atoms with van der Waals surface area (Å²) < 4.78 is 25.0. The third-order valence-electron chi connectivity index (χ3n) is 5.37. The molecule has 3 aromatic carbocycles. The van der Waals surface area contributed by atoms with Gasteiger partial charge in [-0.15, -0.1) is 0 Å². The lowest BCUT2D eigenvalue weighted by Gasteiger charge is -2.38. The number of hydrogen-bond acceptors (Lipinski definition) is 5. The van der Waals surface area contributed by atoms with E-state index in [0.29, 0.717) is 17.7 Å². The summed E-state index contributed by atoms with van der Waals surface area (Å²) in [7, 11) is 1.59. The van der Waals surface area contributed by atoms with Crippen molar-refractivity contribution in [1.82, 2.24) is 5.01 Å². The summed E-state index contributed by atoms with van der Waals surface area (Å²) in [5.41, 5.74) is 3.23. The van der Waals surface area contributed by atoms with E-state index in [1.165, 1.54) is 12.1 Å². The van der Waals surface area contributed by atoms with E-state index in [2.05, 4.69) is 0 Å². The zero-order valence-electron chi connectivity index (χ0n) is 15.7. The Morgan fingerprint density at radius 1 is 1.10 bits per heavy atom. The highest BCUT2D eigenvalue weighted by Crippen LogP contribution is 2.48. The Kier molecular flexibility index (Phi) is 4.12. The van der Waals surface area contributed by atoms with Gasteiger partial charge in [-0.25, -0.2) is 9.40 Å².